The van der Waals surface area contributed by atoms with Crippen molar-refractivity contribution in [3.8, 4) is 0 Å². The summed E-state index contributed by atoms with van der Waals surface area (Å²) in [7, 11) is 0. The van der Waals surface area contributed by atoms with Crippen molar-refractivity contribution in [2.24, 2.45) is 11.7 Å². The molecule has 0 saturated heterocycles. The van der Waals surface area contributed by atoms with E-state index in [1.807, 2.05) is 18.2 Å². The van der Waals surface area contributed by atoms with Crippen molar-refractivity contribution in [3.05, 3.63) is 59.2 Å². The fraction of sp³-hybridized carbons (Fsp3) is 0.421. The second-order valence-electron chi connectivity index (χ2n) is 6.15. The molecular formula is C19H25NO. The molecule has 1 aliphatic rings. The minimum absolute atomic E-state index is 0.0698. The van der Waals surface area contributed by atoms with Gasteiger partial charge in [-0.3, -0.25) is 4.79 Å². The number of carbonyl (C=O) groups is 1. The number of hydrogen-bond acceptors (Lipinski definition) is 1. The second-order valence-corrected chi connectivity index (χ2v) is 6.15. The first-order chi connectivity index (χ1) is 10.1. The van der Waals surface area contributed by atoms with Gasteiger partial charge in [0, 0.05) is 5.92 Å². The van der Waals surface area contributed by atoms with Gasteiger partial charge in [-0.1, -0.05) is 53.6 Å². The molecule has 0 fully saturated rings. The molecule has 1 amide bonds. The lowest BCUT2D eigenvalue weighted by Crippen LogP contribution is -2.30. The lowest BCUT2D eigenvalue weighted by Gasteiger charge is -2.30. The monoisotopic (exact) mass is 283 g/mol. The molecule has 0 aliphatic heterocycles. The zero-order valence-corrected chi connectivity index (χ0v) is 13.0. The molecule has 2 heteroatoms. The van der Waals surface area contributed by atoms with Crippen molar-refractivity contribution in [1.82, 2.24) is 0 Å². The molecule has 1 aromatic carbocycles. The Morgan fingerprint density at radius 3 is 2.62 bits per heavy atom. The number of nitrogens with two attached hydrogens (primary N) is 1. The fourth-order valence-corrected chi connectivity index (χ4v) is 3.08. The van der Waals surface area contributed by atoms with Gasteiger partial charge in [0.05, 0.1) is 0 Å². The maximum Gasteiger partial charge on any atom is 0.221 e. The zero-order valence-electron chi connectivity index (χ0n) is 13.0. The summed E-state index contributed by atoms with van der Waals surface area (Å²) in [6.45, 7) is 4.26. The van der Waals surface area contributed by atoms with E-state index >= 15 is 0 Å². The molecule has 1 aliphatic carbocycles. The molecule has 2 atom stereocenters. The van der Waals surface area contributed by atoms with Crippen LogP contribution in [0.25, 0.3) is 0 Å². The first-order valence-electron chi connectivity index (χ1n) is 7.73. The summed E-state index contributed by atoms with van der Waals surface area (Å²) < 4.78 is 0. The maximum atomic E-state index is 11.7. The third-order valence-corrected chi connectivity index (χ3v) is 4.24. The van der Waals surface area contributed by atoms with Crippen molar-refractivity contribution in [2.45, 2.75) is 45.4 Å². The molecule has 0 heterocycles. The number of rotatable bonds is 5. The van der Waals surface area contributed by atoms with Crippen LogP contribution in [0.4, 0.5) is 0 Å². The molecule has 2 nitrogen and oxygen atoms in total. The van der Waals surface area contributed by atoms with Crippen LogP contribution in [0.5, 0.6) is 0 Å². The van der Waals surface area contributed by atoms with Crippen molar-refractivity contribution in [2.75, 3.05) is 0 Å². The van der Waals surface area contributed by atoms with Crippen LogP contribution in [0.15, 0.2) is 53.6 Å². The first kappa shape index (κ1) is 15.6. The molecule has 0 unspecified atom stereocenters. The fourth-order valence-electron chi connectivity index (χ4n) is 3.08. The lowest BCUT2D eigenvalue weighted by molar-refractivity contribution is -0.122. The summed E-state index contributed by atoms with van der Waals surface area (Å²) >= 11 is 0. The molecule has 0 spiro atoms. The van der Waals surface area contributed by atoms with Gasteiger partial charge in [-0.25, -0.2) is 0 Å². The molecular weight excluding hydrogens is 258 g/mol. The Morgan fingerprint density at radius 2 is 2.00 bits per heavy atom. The standard InChI is InChI=1S/C19H25NO/c1-14(2)7-6-8-15-11-12-17(19(20)21)18(13-15)16-9-4-3-5-10-16/h3-5,7,9-11,17-18H,6,8,12-13H2,1-2H3,(H2,20,21)/t17-,18+/m0/s1. The van der Waals surface area contributed by atoms with E-state index in [-0.39, 0.29) is 17.7 Å². The summed E-state index contributed by atoms with van der Waals surface area (Å²) in [4.78, 5) is 11.7. The normalized spacial score (nSPS) is 21.5. The molecule has 21 heavy (non-hydrogen) atoms. The van der Waals surface area contributed by atoms with Gasteiger partial charge in [-0.2, -0.15) is 0 Å². The van der Waals surface area contributed by atoms with Crippen molar-refractivity contribution in [1.29, 1.82) is 0 Å². The maximum absolute atomic E-state index is 11.7. The van der Waals surface area contributed by atoms with E-state index in [9.17, 15) is 4.79 Å². The number of hydrogen-bond donors (Lipinski definition) is 1. The minimum atomic E-state index is -0.177. The van der Waals surface area contributed by atoms with Crippen LogP contribution < -0.4 is 5.73 Å². The average Bonchev–Trinajstić information content (AvgIpc) is 2.47. The highest BCUT2D eigenvalue weighted by Gasteiger charge is 2.30. The van der Waals surface area contributed by atoms with E-state index in [1.54, 1.807) is 0 Å². The van der Waals surface area contributed by atoms with Gasteiger partial charge in [0.25, 0.3) is 0 Å². The summed E-state index contributed by atoms with van der Waals surface area (Å²) in [5.74, 6) is -0.0153. The van der Waals surface area contributed by atoms with Crippen LogP contribution in [0, 0.1) is 5.92 Å². The molecule has 2 N–H and O–H groups in total. The topological polar surface area (TPSA) is 43.1 Å². The molecule has 0 aromatic heterocycles. The second kappa shape index (κ2) is 7.26. The predicted octanol–water partition coefficient (Wildman–Crippen LogP) is 4.34. The SMILES string of the molecule is CC(C)=CCCC1=CC[C@H](C(N)=O)[C@@H](c2ccccc2)C1. The molecule has 0 saturated carbocycles. The number of primary amides is 1. The quantitative estimate of drug-likeness (QED) is 0.803. The average molecular weight is 283 g/mol. The van der Waals surface area contributed by atoms with Crippen LogP contribution in [0.1, 0.15) is 51.0 Å². The Morgan fingerprint density at radius 1 is 1.29 bits per heavy atom. The van der Waals surface area contributed by atoms with Gasteiger partial charge in [0.1, 0.15) is 0 Å². The van der Waals surface area contributed by atoms with Crippen LogP contribution in [-0.2, 0) is 4.79 Å². The summed E-state index contributed by atoms with van der Waals surface area (Å²) in [5.41, 5.74) is 9.65. The van der Waals surface area contributed by atoms with E-state index in [0.717, 1.165) is 25.7 Å². The van der Waals surface area contributed by atoms with E-state index in [1.165, 1.54) is 16.7 Å². The summed E-state index contributed by atoms with van der Waals surface area (Å²) in [5, 5.41) is 0. The Hall–Kier alpha value is -1.83. The Balaban J connectivity index is 2.12. The Bertz CT molecular complexity index is 538. The number of amides is 1. The molecule has 2 rings (SSSR count). The highest BCUT2D eigenvalue weighted by molar-refractivity contribution is 5.78. The largest absolute Gasteiger partial charge is 0.369 e. The minimum Gasteiger partial charge on any atom is -0.369 e. The van der Waals surface area contributed by atoms with Crippen molar-refractivity contribution >= 4 is 5.91 Å². The van der Waals surface area contributed by atoms with Crippen LogP contribution in [-0.4, -0.2) is 5.91 Å². The highest BCUT2D eigenvalue weighted by Crippen LogP contribution is 2.38. The van der Waals surface area contributed by atoms with Gasteiger partial charge in [-0.05, 0) is 51.0 Å². The molecule has 1 aromatic rings. The van der Waals surface area contributed by atoms with Crippen molar-refractivity contribution < 1.29 is 4.79 Å². The van der Waals surface area contributed by atoms with Crippen molar-refractivity contribution in [3.63, 3.8) is 0 Å². The lowest BCUT2D eigenvalue weighted by atomic mass is 9.74. The summed E-state index contributed by atoms with van der Waals surface area (Å²) in [6.07, 6.45) is 8.40. The third kappa shape index (κ3) is 4.32. The van der Waals surface area contributed by atoms with Gasteiger partial charge >= 0.3 is 0 Å². The number of carbonyl (C=O) groups excluding carboxylic acids is 1. The molecule has 112 valence electrons. The van der Waals surface area contributed by atoms with Crippen LogP contribution >= 0.6 is 0 Å². The van der Waals surface area contributed by atoms with Gasteiger partial charge in [0.2, 0.25) is 5.91 Å². The van der Waals surface area contributed by atoms with E-state index in [2.05, 4.69) is 38.1 Å². The number of benzene rings is 1. The molecule has 0 bridgehead atoms. The van der Waals surface area contributed by atoms with Gasteiger partial charge in [0.15, 0.2) is 0 Å². The van der Waals surface area contributed by atoms with E-state index in [0.29, 0.717) is 0 Å². The smallest absolute Gasteiger partial charge is 0.221 e. The van der Waals surface area contributed by atoms with E-state index in [4.69, 9.17) is 5.73 Å². The summed E-state index contributed by atoms with van der Waals surface area (Å²) in [6, 6.07) is 10.3. The predicted molar refractivity (Wildman–Crippen MR) is 87.8 cm³/mol. The first-order valence-corrected chi connectivity index (χ1v) is 7.73. The van der Waals surface area contributed by atoms with Gasteiger partial charge in [-0.15, -0.1) is 0 Å². The van der Waals surface area contributed by atoms with Gasteiger partial charge < -0.3 is 5.73 Å². The zero-order chi connectivity index (χ0) is 15.2. The number of allylic oxidation sites excluding steroid dienone is 4. The Labute approximate surface area is 127 Å². The third-order valence-electron chi connectivity index (χ3n) is 4.24. The highest BCUT2D eigenvalue weighted by atomic mass is 16.1. The van der Waals surface area contributed by atoms with Crippen LogP contribution in [0.3, 0.4) is 0 Å². The Kier molecular flexibility index (Phi) is 5.38. The molecule has 0 radical (unpaired) electrons. The van der Waals surface area contributed by atoms with Crippen LogP contribution in [0.2, 0.25) is 0 Å². The van der Waals surface area contributed by atoms with E-state index < -0.39 is 0 Å².